The normalized spacial score (nSPS) is 15.6. The molecule has 0 saturated carbocycles. The number of carboxylic acid groups (broad SMARTS) is 1. The van der Waals surface area contributed by atoms with Crippen molar-refractivity contribution < 1.29 is 19.4 Å². The van der Waals surface area contributed by atoms with Crippen molar-refractivity contribution in [1.29, 1.82) is 0 Å². The van der Waals surface area contributed by atoms with Gasteiger partial charge in [-0.15, -0.1) is 11.3 Å². The van der Waals surface area contributed by atoms with Gasteiger partial charge in [0.2, 0.25) is 0 Å². The Labute approximate surface area is 126 Å². The van der Waals surface area contributed by atoms with Crippen LogP contribution in [0.4, 0.5) is 9.80 Å². The number of thiophene rings is 1. The molecule has 3 N–H and O–H groups in total. The minimum absolute atomic E-state index is 0.114. The maximum Gasteiger partial charge on any atom is 0.338 e. The van der Waals surface area contributed by atoms with Gasteiger partial charge in [0.25, 0.3) is 0 Å². The summed E-state index contributed by atoms with van der Waals surface area (Å²) in [4.78, 5) is 24.9. The number of urea groups is 1. The smallest absolute Gasteiger partial charge is 0.338 e. The van der Waals surface area contributed by atoms with Crippen molar-refractivity contribution in [2.24, 2.45) is 0 Å². The molecule has 1 aliphatic heterocycles. The molecule has 1 aromatic heterocycles. The van der Waals surface area contributed by atoms with Crippen LogP contribution in [0.1, 0.15) is 16.8 Å². The standard InChI is InChI=1S/C13H19N3O4S/c17-12(18)10-2-9-21-11(10)15-13(19)14-3-1-4-16-5-7-20-8-6-16/h2,9H,1,3-8H2,(H,17,18)(H2,14,15,19). The summed E-state index contributed by atoms with van der Waals surface area (Å²) < 4.78 is 5.27. The second-order valence-electron chi connectivity index (χ2n) is 4.66. The zero-order valence-electron chi connectivity index (χ0n) is 11.6. The van der Waals surface area contributed by atoms with Crippen LogP contribution in [0.25, 0.3) is 0 Å². The van der Waals surface area contributed by atoms with E-state index in [4.69, 9.17) is 9.84 Å². The number of carboxylic acids is 1. The van der Waals surface area contributed by atoms with Gasteiger partial charge in [0.1, 0.15) is 5.00 Å². The number of rotatable bonds is 6. The van der Waals surface area contributed by atoms with Crippen LogP contribution in [0, 0.1) is 0 Å². The molecule has 8 heteroatoms. The van der Waals surface area contributed by atoms with E-state index in [1.54, 1.807) is 5.38 Å². The molecule has 1 fully saturated rings. The lowest BCUT2D eigenvalue weighted by Gasteiger charge is -2.26. The number of ether oxygens (including phenoxy) is 1. The molecule has 1 saturated heterocycles. The summed E-state index contributed by atoms with van der Waals surface area (Å²) in [5, 5.41) is 16.2. The van der Waals surface area contributed by atoms with Gasteiger partial charge in [0.15, 0.2) is 0 Å². The van der Waals surface area contributed by atoms with Gasteiger partial charge in [-0.2, -0.15) is 0 Å². The predicted molar refractivity (Wildman–Crippen MR) is 80.2 cm³/mol. The number of hydrogen-bond donors (Lipinski definition) is 3. The van der Waals surface area contributed by atoms with Crippen molar-refractivity contribution in [2.45, 2.75) is 6.42 Å². The van der Waals surface area contributed by atoms with Crippen molar-refractivity contribution in [1.82, 2.24) is 10.2 Å². The first-order valence-corrected chi connectivity index (χ1v) is 7.70. The number of morpholine rings is 1. The van der Waals surface area contributed by atoms with Crippen molar-refractivity contribution >= 4 is 28.3 Å². The van der Waals surface area contributed by atoms with Crippen LogP contribution >= 0.6 is 11.3 Å². The lowest BCUT2D eigenvalue weighted by atomic mass is 10.3. The fourth-order valence-electron chi connectivity index (χ4n) is 2.05. The third-order valence-electron chi connectivity index (χ3n) is 3.16. The fourth-order valence-corrected chi connectivity index (χ4v) is 2.83. The first kappa shape index (κ1) is 15.7. The third kappa shape index (κ3) is 5.00. The summed E-state index contributed by atoms with van der Waals surface area (Å²) in [6.07, 6.45) is 0.851. The summed E-state index contributed by atoms with van der Waals surface area (Å²) in [6, 6.07) is 1.10. The highest BCUT2D eigenvalue weighted by Gasteiger charge is 2.14. The predicted octanol–water partition coefficient (Wildman–Crippen LogP) is 1.29. The van der Waals surface area contributed by atoms with Gasteiger partial charge in [0.05, 0.1) is 18.8 Å². The third-order valence-corrected chi connectivity index (χ3v) is 3.99. The highest BCUT2D eigenvalue weighted by atomic mass is 32.1. The lowest BCUT2D eigenvalue weighted by molar-refractivity contribution is 0.0375. The molecule has 1 aromatic rings. The topological polar surface area (TPSA) is 90.9 Å². The zero-order valence-corrected chi connectivity index (χ0v) is 12.4. The van der Waals surface area contributed by atoms with Gasteiger partial charge in [-0.3, -0.25) is 10.2 Å². The van der Waals surface area contributed by atoms with Crippen LogP contribution < -0.4 is 10.6 Å². The Morgan fingerprint density at radius 2 is 2.14 bits per heavy atom. The van der Waals surface area contributed by atoms with E-state index in [1.165, 1.54) is 17.4 Å². The van der Waals surface area contributed by atoms with Crippen LogP contribution in [0.3, 0.4) is 0 Å². The average molecular weight is 313 g/mol. The van der Waals surface area contributed by atoms with Crippen LogP contribution in [0.2, 0.25) is 0 Å². The van der Waals surface area contributed by atoms with Gasteiger partial charge in [-0.25, -0.2) is 9.59 Å². The minimum atomic E-state index is -1.04. The summed E-state index contributed by atoms with van der Waals surface area (Å²) in [5.74, 6) is -1.04. The van der Waals surface area contributed by atoms with Gasteiger partial charge in [-0.05, 0) is 24.4 Å². The highest BCUT2D eigenvalue weighted by molar-refractivity contribution is 7.14. The fraction of sp³-hybridized carbons (Fsp3) is 0.538. The summed E-state index contributed by atoms with van der Waals surface area (Å²) >= 11 is 1.19. The monoisotopic (exact) mass is 313 g/mol. The molecular formula is C13H19N3O4S. The number of carbonyl (C=O) groups is 2. The van der Waals surface area contributed by atoms with Crippen LogP contribution in [-0.2, 0) is 4.74 Å². The Hall–Kier alpha value is -1.64. The zero-order chi connectivity index (χ0) is 15.1. The number of carbonyl (C=O) groups excluding carboxylic acids is 1. The van der Waals surface area contributed by atoms with E-state index in [9.17, 15) is 9.59 Å². The Kier molecular flexibility index (Phi) is 5.97. The molecular weight excluding hydrogens is 294 g/mol. The summed E-state index contributed by atoms with van der Waals surface area (Å²) in [7, 11) is 0. The van der Waals surface area contributed by atoms with Crippen molar-refractivity contribution in [3.8, 4) is 0 Å². The molecule has 0 aliphatic carbocycles. The molecule has 0 aromatic carbocycles. The molecule has 7 nitrogen and oxygen atoms in total. The van der Waals surface area contributed by atoms with Crippen LogP contribution in [-0.4, -0.2) is 61.4 Å². The number of amides is 2. The summed E-state index contributed by atoms with van der Waals surface area (Å²) in [5.41, 5.74) is 0.114. The molecule has 0 spiro atoms. The maximum atomic E-state index is 11.7. The van der Waals surface area contributed by atoms with Gasteiger partial charge >= 0.3 is 12.0 Å². The molecule has 21 heavy (non-hydrogen) atoms. The molecule has 2 rings (SSSR count). The largest absolute Gasteiger partial charge is 0.478 e. The van der Waals surface area contributed by atoms with Crippen molar-refractivity contribution in [2.75, 3.05) is 44.7 Å². The maximum absolute atomic E-state index is 11.7. The van der Waals surface area contributed by atoms with E-state index in [-0.39, 0.29) is 11.6 Å². The summed E-state index contributed by atoms with van der Waals surface area (Å²) in [6.45, 7) is 4.88. The Morgan fingerprint density at radius 1 is 1.38 bits per heavy atom. The van der Waals surface area contributed by atoms with E-state index in [0.717, 1.165) is 39.3 Å². The van der Waals surface area contributed by atoms with Gasteiger partial charge < -0.3 is 15.2 Å². The number of aromatic carboxylic acids is 1. The number of anilines is 1. The first-order chi connectivity index (χ1) is 10.2. The molecule has 0 unspecified atom stereocenters. The van der Waals surface area contributed by atoms with Gasteiger partial charge in [0, 0.05) is 19.6 Å². The second-order valence-corrected chi connectivity index (χ2v) is 5.57. The van der Waals surface area contributed by atoms with Crippen molar-refractivity contribution in [3.05, 3.63) is 17.0 Å². The average Bonchev–Trinajstić information content (AvgIpc) is 2.93. The highest BCUT2D eigenvalue weighted by Crippen LogP contribution is 2.22. The molecule has 0 radical (unpaired) electrons. The molecule has 2 amide bonds. The molecule has 0 atom stereocenters. The quantitative estimate of drug-likeness (QED) is 0.689. The second kappa shape index (κ2) is 7.96. The number of nitrogens with one attached hydrogen (secondary N) is 2. The van der Waals surface area contributed by atoms with E-state index < -0.39 is 5.97 Å². The van der Waals surface area contributed by atoms with E-state index >= 15 is 0 Å². The Morgan fingerprint density at radius 3 is 2.86 bits per heavy atom. The number of nitrogens with zero attached hydrogens (tertiary/aromatic N) is 1. The Balaban J connectivity index is 1.65. The Bertz CT molecular complexity index is 486. The van der Waals surface area contributed by atoms with Gasteiger partial charge in [-0.1, -0.05) is 0 Å². The van der Waals surface area contributed by atoms with Crippen molar-refractivity contribution in [3.63, 3.8) is 0 Å². The van der Waals surface area contributed by atoms with E-state index in [1.807, 2.05) is 0 Å². The molecule has 0 bridgehead atoms. The lowest BCUT2D eigenvalue weighted by Crippen LogP contribution is -2.38. The number of hydrogen-bond acceptors (Lipinski definition) is 5. The molecule has 116 valence electrons. The molecule has 1 aliphatic rings. The van der Waals surface area contributed by atoms with E-state index in [2.05, 4.69) is 15.5 Å². The molecule has 2 heterocycles. The van der Waals surface area contributed by atoms with Crippen LogP contribution in [0.15, 0.2) is 11.4 Å². The SMILES string of the molecule is O=C(NCCCN1CCOCC1)Nc1sccc1C(=O)O. The van der Waals surface area contributed by atoms with E-state index in [0.29, 0.717) is 11.5 Å². The first-order valence-electron chi connectivity index (χ1n) is 6.82. The minimum Gasteiger partial charge on any atom is -0.478 e. The van der Waals surface area contributed by atoms with Crippen LogP contribution in [0.5, 0.6) is 0 Å².